The van der Waals surface area contributed by atoms with Crippen LogP contribution in [0, 0.1) is 5.92 Å². The maximum Gasteiger partial charge on any atom is 0.310 e. The number of esters is 1. The molecule has 2 bridgehead atoms. The zero-order valence-corrected chi connectivity index (χ0v) is 13.9. The van der Waals surface area contributed by atoms with Crippen LogP contribution in [-0.4, -0.2) is 37.1 Å². The Balaban J connectivity index is 1.88. The van der Waals surface area contributed by atoms with Crippen molar-refractivity contribution in [3.63, 3.8) is 0 Å². The summed E-state index contributed by atoms with van der Waals surface area (Å²) in [6, 6.07) is 9.88. The van der Waals surface area contributed by atoms with Crippen molar-refractivity contribution in [2.75, 3.05) is 14.2 Å². The predicted molar refractivity (Wildman–Crippen MR) is 87.9 cm³/mol. The third-order valence-electron chi connectivity index (χ3n) is 5.69. The van der Waals surface area contributed by atoms with Crippen LogP contribution in [0.25, 0.3) is 0 Å². The highest BCUT2D eigenvalue weighted by atomic mass is 16.5. The number of ether oxygens (including phenoxy) is 1. The van der Waals surface area contributed by atoms with Gasteiger partial charge >= 0.3 is 5.97 Å². The van der Waals surface area contributed by atoms with Crippen LogP contribution in [0.2, 0.25) is 0 Å². The Morgan fingerprint density at radius 3 is 2.64 bits per heavy atom. The number of piperidine rings is 1. The summed E-state index contributed by atoms with van der Waals surface area (Å²) < 4.78 is 5.14. The molecule has 0 amide bonds. The van der Waals surface area contributed by atoms with Crippen LogP contribution in [0.5, 0.6) is 0 Å². The van der Waals surface area contributed by atoms with E-state index in [-0.39, 0.29) is 11.9 Å². The standard InChI is InChI=1S/C19H27NO2/c1-4-5-13-6-8-14(9-7-13)16-12-15-10-11-17(20(15)2)18(16)19(21)22-3/h6-9,15-18H,4-5,10-12H2,1-3H3/t15?,16-,17?,18?/m1/s1. The monoisotopic (exact) mass is 301 g/mol. The molecule has 1 aromatic rings. The van der Waals surface area contributed by atoms with Crippen molar-refractivity contribution < 1.29 is 9.53 Å². The van der Waals surface area contributed by atoms with Crippen LogP contribution < -0.4 is 0 Å². The molecule has 3 nitrogen and oxygen atoms in total. The molecule has 1 aromatic carbocycles. The summed E-state index contributed by atoms with van der Waals surface area (Å²) in [4.78, 5) is 14.8. The van der Waals surface area contributed by atoms with Crippen molar-refractivity contribution in [2.24, 2.45) is 5.92 Å². The fourth-order valence-corrected chi connectivity index (χ4v) is 4.49. The third-order valence-corrected chi connectivity index (χ3v) is 5.69. The molecule has 0 saturated carbocycles. The molecular weight excluding hydrogens is 274 g/mol. The molecule has 0 aromatic heterocycles. The number of fused-ring (bicyclic) bond motifs is 2. The fourth-order valence-electron chi connectivity index (χ4n) is 4.49. The van der Waals surface area contributed by atoms with Crippen LogP contribution in [-0.2, 0) is 16.0 Å². The second-order valence-electron chi connectivity index (χ2n) is 6.85. The second kappa shape index (κ2) is 6.41. The quantitative estimate of drug-likeness (QED) is 0.799. The number of nitrogens with zero attached hydrogens (tertiary/aromatic N) is 1. The van der Waals surface area contributed by atoms with E-state index < -0.39 is 0 Å². The molecule has 0 aliphatic carbocycles. The van der Waals surface area contributed by atoms with E-state index in [2.05, 4.69) is 43.1 Å². The number of methoxy groups -OCH3 is 1. The molecule has 3 rings (SSSR count). The van der Waals surface area contributed by atoms with Gasteiger partial charge in [0.1, 0.15) is 0 Å². The zero-order chi connectivity index (χ0) is 15.7. The van der Waals surface area contributed by atoms with E-state index in [4.69, 9.17) is 4.74 Å². The smallest absolute Gasteiger partial charge is 0.310 e. The molecule has 3 unspecified atom stereocenters. The molecule has 0 N–H and O–H groups in total. The Hall–Kier alpha value is -1.35. The van der Waals surface area contributed by atoms with E-state index >= 15 is 0 Å². The lowest BCUT2D eigenvalue weighted by atomic mass is 9.76. The Morgan fingerprint density at radius 1 is 1.27 bits per heavy atom. The van der Waals surface area contributed by atoms with Gasteiger partial charge in [0.15, 0.2) is 0 Å². The normalized spacial score (nSPS) is 31.2. The lowest BCUT2D eigenvalue weighted by Gasteiger charge is -2.41. The van der Waals surface area contributed by atoms with Gasteiger partial charge in [-0.15, -0.1) is 0 Å². The van der Waals surface area contributed by atoms with E-state index in [1.165, 1.54) is 31.1 Å². The van der Waals surface area contributed by atoms with Crippen molar-refractivity contribution in [3.8, 4) is 0 Å². The SMILES string of the molecule is CCCc1ccc([C@H]2CC3CCC(C2C(=O)OC)N3C)cc1. The largest absolute Gasteiger partial charge is 0.469 e. The van der Waals surface area contributed by atoms with E-state index in [0.717, 1.165) is 19.3 Å². The van der Waals surface area contributed by atoms with Gasteiger partial charge in [-0.3, -0.25) is 9.69 Å². The van der Waals surface area contributed by atoms with Gasteiger partial charge in [-0.25, -0.2) is 0 Å². The van der Waals surface area contributed by atoms with E-state index in [9.17, 15) is 4.79 Å². The van der Waals surface area contributed by atoms with Crippen molar-refractivity contribution in [2.45, 2.75) is 57.0 Å². The van der Waals surface area contributed by atoms with Gasteiger partial charge < -0.3 is 4.74 Å². The minimum atomic E-state index is -0.0418. The van der Waals surface area contributed by atoms with Crippen LogP contribution in [0.1, 0.15) is 49.7 Å². The molecule has 2 fully saturated rings. The fraction of sp³-hybridized carbons (Fsp3) is 0.632. The summed E-state index contributed by atoms with van der Waals surface area (Å²) in [5.41, 5.74) is 2.69. The summed E-state index contributed by atoms with van der Waals surface area (Å²) in [7, 11) is 3.68. The molecular formula is C19H27NO2. The number of benzene rings is 1. The van der Waals surface area contributed by atoms with Crippen molar-refractivity contribution in [3.05, 3.63) is 35.4 Å². The van der Waals surface area contributed by atoms with Crippen molar-refractivity contribution in [1.82, 2.24) is 4.90 Å². The minimum absolute atomic E-state index is 0.0224. The molecule has 0 spiro atoms. The third kappa shape index (κ3) is 2.67. The second-order valence-corrected chi connectivity index (χ2v) is 6.85. The Morgan fingerprint density at radius 2 is 2.00 bits per heavy atom. The highest BCUT2D eigenvalue weighted by Crippen LogP contribution is 2.46. The first kappa shape index (κ1) is 15.5. The lowest BCUT2D eigenvalue weighted by molar-refractivity contribution is -0.150. The van der Waals surface area contributed by atoms with Crippen LogP contribution in [0.4, 0.5) is 0 Å². The van der Waals surface area contributed by atoms with Gasteiger partial charge in [-0.05, 0) is 43.9 Å². The Kier molecular flexibility index (Phi) is 4.53. The van der Waals surface area contributed by atoms with Crippen molar-refractivity contribution in [1.29, 1.82) is 0 Å². The van der Waals surface area contributed by atoms with Crippen LogP contribution in [0.15, 0.2) is 24.3 Å². The summed E-state index contributed by atoms with van der Waals surface area (Å²) in [5.74, 6) is 0.238. The topological polar surface area (TPSA) is 29.5 Å². The molecule has 2 heterocycles. The molecule has 4 atom stereocenters. The predicted octanol–water partition coefficient (Wildman–Crippen LogP) is 3.38. The van der Waals surface area contributed by atoms with Gasteiger partial charge in [0, 0.05) is 18.0 Å². The summed E-state index contributed by atoms with van der Waals surface area (Å²) in [6.07, 6.45) is 5.69. The average molecular weight is 301 g/mol. The number of aryl methyl sites for hydroxylation is 1. The number of carbonyl (C=O) groups is 1. The number of hydrogen-bond donors (Lipinski definition) is 0. The van der Waals surface area contributed by atoms with Gasteiger partial charge in [0.25, 0.3) is 0 Å². The number of rotatable bonds is 4. The summed E-state index contributed by atoms with van der Waals surface area (Å²) >= 11 is 0. The maximum atomic E-state index is 12.4. The van der Waals surface area contributed by atoms with Gasteiger partial charge in [0.05, 0.1) is 13.0 Å². The van der Waals surface area contributed by atoms with Crippen LogP contribution >= 0.6 is 0 Å². The molecule has 2 saturated heterocycles. The first-order valence-electron chi connectivity index (χ1n) is 8.54. The van der Waals surface area contributed by atoms with Gasteiger partial charge in [-0.2, -0.15) is 0 Å². The molecule has 0 radical (unpaired) electrons. The zero-order valence-electron chi connectivity index (χ0n) is 13.9. The molecule has 2 aliphatic heterocycles. The number of hydrogen-bond acceptors (Lipinski definition) is 3. The first-order valence-corrected chi connectivity index (χ1v) is 8.54. The summed E-state index contributed by atoms with van der Waals surface area (Å²) in [5, 5.41) is 0. The summed E-state index contributed by atoms with van der Waals surface area (Å²) in [6.45, 7) is 2.20. The average Bonchev–Trinajstić information content (AvgIpc) is 2.77. The molecule has 3 heteroatoms. The molecule has 22 heavy (non-hydrogen) atoms. The molecule has 2 aliphatic rings. The maximum absolute atomic E-state index is 12.4. The first-order chi connectivity index (χ1) is 10.7. The highest BCUT2D eigenvalue weighted by Gasteiger charge is 2.49. The number of carbonyl (C=O) groups excluding carboxylic acids is 1. The van der Waals surface area contributed by atoms with E-state index in [1.54, 1.807) is 0 Å². The van der Waals surface area contributed by atoms with Crippen molar-refractivity contribution >= 4 is 5.97 Å². The van der Waals surface area contributed by atoms with E-state index in [0.29, 0.717) is 18.0 Å². The highest BCUT2D eigenvalue weighted by molar-refractivity contribution is 5.75. The van der Waals surface area contributed by atoms with Gasteiger partial charge in [0.2, 0.25) is 0 Å². The van der Waals surface area contributed by atoms with Crippen LogP contribution in [0.3, 0.4) is 0 Å². The lowest BCUT2D eigenvalue weighted by Crippen LogP contribution is -2.49. The van der Waals surface area contributed by atoms with E-state index in [1.807, 2.05) is 0 Å². The Labute approximate surface area is 133 Å². The van der Waals surface area contributed by atoms with Gasteiger partial charge in [-0.1, -0.05) is 37.6 Å². The molecule has 120 valence electrons. The Bertz CT molecular complexity index is 525. The minimum Gasteiger partial charge on any atom is -0.469 e.